The summed E-state index contributed by atoms with van der Waals surface area (Å²) in [6.07, 6.45) is 0.623. The first-order valence-corrected chi connectivity index (χ1v) is 10.5. The number of Topliss-reactive ketones (excluding diaryl/α,β-unsaturated/α-hetero) is 1. The number of nitrogens with zero attached hydrogens (tertiary/aromatic N) is 1. The molecule has 0 aromatic heterocycles. The summed E-state index contributed by atoms with van der Waals surface area (Å²) in [6.45, 7) is 4.61. The summed E-state index contributed by atoms with van der Waals surface area (Å²) in [7, 11) is 0. The van der Waals surface area contributed by atoms with Crippen molar-refractivity contribution in [1.29, 1.82) is 0 Å². The van der Waals surface area contributed by atoms with Crippen LogP contribution in [0.5, 0.6) is 0 Å². The van der Waals surface area contributed by atoms with Crippen LogP contribution in [-0.2, 0) is 14.3 Å². The maximum atomic E-state index is 12.9. The Morgan fingerprint density at radius 2 is 1.77 bits per heavy atom. The number of carbonyl (C=O) groups is 2. The quantitative estimate of drug-likeness (QED) is 0.273. The van der Waals surface area contributed by atoms with Gasteiger partial charge in [-0.05, 0) is 56.2 Å². The molecule has 0 spiro atoms. The van der Waals surface area contributed by atoms with Crippen LogP contribution >= 0.6 is 23.2 Å². The molecule has 0 bridgehead atoms. The molecule has 1 atom stereocenters. The summed E-state index contributed by atoms with van der Waals surface area (Å²) >= 11 is 12.3. The lowest BCUT2D eigenvalue weighted by molar-refractivity contribution is -0.140. The molecule has 1 fully saturated rings. The summed E-state index contributed by atoms with van der Waals surface area (Å²) < 4.78 is 5.56. The van der Waals surface area contributed by atoms with Gasteiger partial charge in [0.2, 0.25) is 0 Å². The molecule has 1 aliphatic rings. The Morgan fingerprint density at radius 3 is 2.40 bits per heavy atom. The van der Waals surface area contributed by atoms with Gasteiger partial charge < -0.3 is 14.7 Å². The average molecular weight is 448 g/mol. The Kier molecular flexibility index (Phi) is 7.19. The van der Waals surface area contributed by atoms with E-state index in [9.17, 15) is 14.7 Å². The lowest BCUT2D eigenvalue weighted by Gasteiger charge is -2.26. The van der Waals surface area contributed by atoms with Crippen LogP contribution in [0, 0.1) is 0 Å². The molecule has 2 aromatic carbocycles. The molecule has 0 saturated carbocycles. The van der Waals surface area contributed by atoms with Crippen molar-refractivity contribution in [3.8, 4) is 0 Å². The molecule has 1 N–H and O–H groups in total. The molecule has 1 saturated heterocycles. The van der Waals surface area contributed by atoms with Crippen LogP contribution in [-0.4, -0.2) is 41.0 Å². The maximum absolute atomic E-state index is 12.9. The van der Waals surface area contributed by atoms with Gasteiger partial charge in [0.05, 0.1) is 17.7 Å². The van der Waals surface area contributed by atoms with E-state index in [0.29, 0.717) is 40.7 Å². The molecular formula is C23H23Cl2NO4. The lowest BCUT2D eigenvalue weighted by atomic mass is 9.95. The molecule has 1 aliphatic heterocycles. The summed E-state index contributed by atoms with van der Waals surface area (Å²) in [5.74, 6) is -1.66. The molecule has 30 heavy (non-hydrogen) atoms. The van der Waals surface area contributed by atoms with Gasteiger partial charge in [0.15, 0.2) is 0 Å². The molecule has 0 radical (unpaired) electrons. The lowest BCUT2D eigenvalue weighted by Crippen LogP contribution is -2.31. The van der Waals surface area contributed by atoms with E-state index >= 15 is 0 Å². The highest BCUT2D eigenvalue weighted by Crippen LogP contribution is 2.41. The fraction of sp³-hybridized carbons (Fsp3) is 0.304. The summed E-state index contributed by atoms with van der Waals surface area (Å²) in [4.78, 5) is 27.2. The van der Waals surface area contributed by atoms with E-state index in [2.05, 4.69) is 0 Å². The van der Waals surface area contributed by atoms with Crippen LogP contribution in [0.1, 0.15) is 37.4 Å². The number of amides is 1. The van der Waals surface area contributed by atoms with Crippen LogP contribution in [0.2, 0.25) is 10.0 Å². The molecule has 7 heteroatoms. The van der Waals surface area contributed by atoms with Crippen molar-refractivity contribution in [2.45, 2.75) is 32.4 Å². The fourth-order valence-corrected chi connectivity index (χ4v) is 3.81. The third kappa shape index (κ3) is 4.69. The Hall–Kier alpha value is -2.34. The second kappa shape index (κ2) is 9.65. The van der Waals surface area contributed by atoms with Gasteiger partial charge in [0.1, 0.15) is 5.76 Å². The van der Waals surface area contributed by atoms with Gasteiger partial charge in [-0.15, -0.1) is 0 Å². The van der Waals surface area contributed by atoms with Crippen molar-refractivity contribution in [1.82, 2.24) is 4.90 Å². The molecule has 5 nitrogen and oxygen atoms in total. The zero-order valence-electron chi connectivity index (χ0n) is 16.8. The zero-order valence-corrected chi connectivity index (χ0v) is 18.3. The average Bonchev–Trinajstić information content (AvgIpc) is 2.96. The Bertz CT molecular complexity index is 969. The van der Waals surface area contributed by atoms with Gasteiger partial charge >= 0.3 is 0 Å². The molecule has 2 aromatic rings. The van der Waals surface area contributed by atoms with Gasteiger partial charge in [-0.3, -0.25) is 9.59 Å². The SMILES string of the molecule is CC(C)OCCCN1C(=O)C(=O)C(=C(O)c2ccc(Cl)cc2)[C@H]1c1ccccc1Cl. The van der Waals surface area contributed by atoms with E-state index in [1.807, 2.05) is 13.8 Å². The number of rotatable bonds is 7. The Morgan fingerprint density at radius 1 is 1.10 bits per heavy atom. The summed E-state index contributed by atoms with van der Waals surface area (Å²) in [5, 5.41) is 11.9. The Balaban J connectivity index is 2.04. The third-order valence-corrected chi connectivity index (χ3v) is 5.45. The number of halogens is 2. The number of benzene rings is 2. The van der Waals surface area contributed by atoms with Crippen molar-refractivity contribution in [2.75, 3.05) is 13.2 Å². The van der Waals surface area contributed by atoms with Crippen molar-refractivity contribution in [3.05, 3.63) is 75.3 Å². The number of ether oxygens (including phenoxy) is 1. The van der Waals surface area contributed by atoms with E-state index in [4.69, 9.17) is 27.9 Å². The van der Waals surface area contributed by atoms with Crippen LogP contribution in [0.4, 0.5) is 0 Å². The van der Waals surface area contributed by atoms with E-state index < -0.39 is 17.7 Å². The zero-order chi connectivity index (χ0) is 21.8. The number of likely N-dealkylation sites (tertiary alicyclic amines) is 1. The normalized spacial score (nSPS) is 18.4. The van der Waals surface area contributed by atoms with Gasteiger partial charge in [0.25, 0.3) is 11.7 Å². The molecule has 1 heterocycles. The van der Waals surface area contributed by atoms with Crippen molar-refractivity contribution in [2.24, 2.45) is 0 Å². The first kappa shape index (κ1) is 22.3. The number of aliphatic hydroxyl groups excluding tert-OH is 1. The highest BCUT2D eigenvalue weighted by molar-refractivity contribution is 6.47. The van der Waals surface area contributed by atoms with Crippen LogP contribution in [0.25, 0.3) is 5.76 Å². The first-order chi connectivity index (χ1) is 14.3. The van der Waals surface area contributed by atoms with E-state index in [-0.39, 0.29) is 17.4 Å². The Labute approximate surface area is 185 Å². The van der Waals surface area contributed by atoms with Crippen LogP contribution in [0.15, 0.2) is 54.1 Å². The smallest absolute Gasteiger partial charge is 0.295 e. The van der Waals surface area contributed by atoms with Crippen molar-refractivity contribution >= 4 is 40.7 Å². The molecule has 3 rings (SSSR count). The minimum Gasteiger partial charge on any atom is -0.507 e. The summed E-state index contributed by atoms with van der Waals surface area (Å²) in [6, 6.07) is 12.6. The van der Waals surface area contributed by atoms with E-state index in [1.165, 1.54) is 4.90 Å². The third-order valence-electron chi connectivity index (χ3n) is 4.85. The topological polar surface area (TPSA) is 66.8 Å². The standard InChI is InChI=1S/C23H23Cl2NO4/c1-14(2)30-13-5-12-26-20(17-6-3-4-7-18(17)25)19(22(28)23(26)29)21(27)15-8-10-16(24)11-9-15/h3-4,6-11,14,20,27H,5,12-13H2,1-2H3/t20-/m1/s1. The van der Waals surface area contributed by atoms with Crippen LogP contribution in [0.3, 0.4) is 0 Å². The molecule has 0 aliphatic carbocycles. The molecule has 158 valence electrons. The predicted octanol–water partition coefficient (Wildman–Crippen LogP) is 5.23. The molecule has 1 amide bonds. The van der Waals surface area contributed by atoms with Gasteiger partial charge in [-0.25, -0.2) is 0 Å². The first-order valence-electron chi connectivity index (χ1n) is 9.71. The number of ketones is 1. The fourth-order valence-electron chi connectivity index (χ4n) is 3.45. The van der Waals surface area contributed by atoms with Crippen molar-refractivity contribution in [3.63, 3.8) is 0 Å². The number of aliphatic hydroxyl groups is 1. The number of carbonyl (C=O) groups excluding carboxylic acids is 2. The maximum Gasteiger partial charge on any atom is 0.295 e. The van der Waals surface area contributed by atoms with E-state index in [1.54, 1.807) is 48.5 Å². The minimum atomic E-state index is -0.784. The van der Waals surface area contributed by atoms with Gasteiger partial charge in [-0.2, -0.15) is 0 Å². The number of hydrogen-bond donors (Lipinski definition) is 1. The molecule has 0 unspecified atom stereocenters. The highest BCUT2D eigenvalue weighted by atomic mass is 35.5. The molecular weight excluding hydrogens is 425 g/mol. The van der Waals surface area contributed by atoms with E-state index in [0.717, 1.165) is 0 Å². The van der Waals surface area contributed by atoms with Gasteiger partial charge in [0, 0.05) is 28.8 Å². The monoisotopic (exact) mass is 447 g/mol. The minimum absolute atomic E-state index is 0.0141. The predicted molar refractivity (Wildman–Crippen MR) is 118 cm³/mol. The second-order valence-corrected chi connectivity index (χ2v) is 8.14. The summed E-state index contributed by atoms with van der Waals surface area (Å²) in [5.41, 5.74) is 0.997. The second-order valence-electron chi connectivity index (χ2n) is 7.29. The van der Waals surface area contributed by atoms with Crippen molar-refractivity contribution < 1.29 is 19.4 Å². The highest BCUT2D eigenvalue weighted by Gasteiger charge is 2.46. The number of hydrogen-bond acceptors (Lipinski definition) is 4. The largest absolute Gasteiger partial charge is 0.507 e. The van der Waals surface area contributed by atoms with Gasteiger partial charge in [-0.1, -0.05) is 41.4 Å². The van der Waals surface area contributed by atoms with Crippen LogP contribution < -0.4 is 0 Å².